The van der Waals surface area contributed by atoms with Crippen LogP contribution in [0.25, 0.3) is 0 Å². The summed E-state index contributed by atoms with van der Waals surface area (Å²) in [5.74, 6) is 1.28. The molecular formula is C36H63O4-. The minimum absolute atomic E-state index is 0.124. The fourth-order valence-electron chi connectivity index (χ4n) is 5.63. The summed E-state index contributed by atoms with van der Waals surface area (Å²) in [7, 11) is 0. The highest BCUT2D eigenvalue weighted by molar-refractivity contribution is 5.66. The molecule has 0 aromatic heterocycles. The highest BCUT2D eigenvalue weighted by Crippen LogP contribution is 2.34. The fourth-order valence-corrected chi connectivity index (χ4v) is 5.63. The zero-order valence-electron chi connectivity index (χ0n) is 27.2. The molecule has 0 bridgehead atoms. The SMILES string of the molecule is CCCCCCCCOC1=C(C)C(C)C(O)C=C1CCC(C)CCCC(C)CC/C=C(\C)CCCC(C)C(=O)[O-]. The first kappa shape index (κ1) is 36.5. The number of aliphatic hydroxyl groups is 1. The average Bonchev–Trinajstić information content (AvgIpc) is 2.91. The second-order valence-corrected chi connectivity index (χ2v) is 13.0. The third kappa shape index (κ3) is 15.5. The van der Waals surface area contributed by atoms with Crippen LogP contribution in [0.15, 0.2) is 34.6 Å². The van der Waals surface area contributed by atoms with Crippen molar-refractivity contribution in [2.24, 2.45) is 23.7 Å². The van der Waals surface area contributed by atoms with Gasteiger partial charge in [-0.2, -0.15) is 0 Å². The first-order valence-corrected chi connectivity index (χ1v) is 16.7. The monoisotopic (exact) mass is 559 g/mol. The number of allylic oxidation sites excluding steroid dienone is 3. The average molecular weight is 560 g/mol. The van der Waals surface area contributed by atoms with Crippen molar-refractivity contribution in [2.75, 3.05) is 6.61 Å². The Balaban J connectivity index is 2.34. The zero-order chi connectivity index (χ0) is 29.9. The van der Waals surface area contributed by atoms with E-state index in [1.807, 2.05) is 0 Å². The van der Waals surface area contributed by atoms with E-state index in [2.05, 4.69) is 53.7 Å². The summed E-state index contributed by atoms with van der Waals surface area (Å²) in [6, 6.07) is 0. The van der Waals surface area contributed by atoms with Crippen LogP contribution in [0, 0.1) is 23.7 Å². The molecule has 0 heterocycles. The van der Waals surface area contributed by atoms with Gasteiger partial charge in [0.15, 0.2) is 0 Å². The summed E-state index contributed by atoms with van der Waals surface area (Å²) in [5.41, 5.74) is 3.79. The van der Waals surface area contributed by atoms with Gasteiger partial charge in [-0.1, -0.05) is 97.6 Å². The first-order chi connectivity index (χ1) is 19.1. The second-order valence-electron chi connectivity index (χ2n) is 13.0. The summed E-state index contributed by atoms with van der Waals surface area (Å²) in [4.78, 5) is 10.8. The van der Waals surface area contributed by atoms with Crippen LogP contribution < -0.4 is 5.11 Å². The third-order valence-electron chi connectivity index (χ3n) is 9.02. The van der Waals surface area contributed by atoms with E-state index in [-0.39, 0.29) is 11.8 Å². The lowest BCUT2D eigenvalue weighted by molar-refractivity contribution is -0.311. The van der Waals surface area contributed by atoms with E-state index >= 15 is 0 Å². The molecule has 5 atom stereocenters. The van der Waals surface area contributed by atoms with Crippen LogP contribution in [0.1, 0.15) is 151 Å². The van der Waals surface area contributed by atoms with Crippen LogP contribution in [-0.2, 0) is 9.53 Å². The summed E-state index contributed by atoms with van der Waals surface area (Å²) in [6.07, 6.45) is 22.4. The lowest BCUT2D eigenvalue weighted by atomic mass is 9.84. The molecular weight excluding hydrogens is 496 g/mol. The van der Waals surface area contributed by atoms with Crippen molar-refractivity contribution in [3.8, 4) is 0 Å². The molecule has 0 saturated carbocycles. The van der Waals surface area contributed by atoms with Gasteiger partial charge in [-0.3, -0.25) is 0 Å². The maximum atomic E-state index is 10.8. The summed E-state index contributed by atoms with van der Waals surface area (Å²) in [6.45, 7) is 15.9. The van der Waals surface area contributed by atoms with Crippen LogP contribution in [0.3, 0.4) is 0 Å². The Morgan fingerprint density at radius 3 is 2.30 bits per heavy atom. The molecule has 4 heteroatoms. The molecule has 0 aromatic rings. The Hall–Kier alpha value is -1.55. The topological polar surface area (TPSA) is 69.6 Å². The molecule has 1 N–H and O–H groups in total. The normalized spacial score (nSPS) is 20.3. The van der Waals surface area contributed by atoms with Gasteiger partial charge < -0.3 is 19.7 Å². The van der Waals surface area contributed by atoms with E-state index in [1.165, 1.54) is 74.5 Å². The van der Waals surface area contributed by atoms with Crippen molar-refractivity contribution >= 4 is 5.97 Å². The molecule has 1 aliphatic carbocycles. The standard InChI is InChI=1S/C36H64O4/c1-8-9-10-11-12-13-25-40-35-32(7)31(6)34(37)26-33(35)24-23-29(4)20-15-19-27(2)17-14-18-28(3)21-16-22-30(5)36(38)39/h18,26-27,29-31,34,37H,8-17,19-25H2,1-7H3,(H,38,39)/p-1/b28-18+. The van der Waals surface area contributed by atoms with E-state index in [4.69, 9.17) is 4.74 Å². The van der Waals surface area contributed by atoms with E-state index in [9.17, 15) is 15.0 Å². The quantitative estimate of drug-likeness (QED) is 0.100. The number of carboxylic acid groups (broad SMARTS) is 1. The smallest absolute Gasteiger partial charge is 0.121 e. The summed E-state index contributed by atoms with van der Waals surface area (Å²) >= 11 is 0. The lowest BCUT2D eigenvalue weighted by Crippen LogP contribution is -2.29. The maximum Gasteiger partial charge on any atom is 0.121 e. The largest absolute Gasteiger partial charge is 0.550 e. The van der Waals surface area contributed by atoms with Crippen molar-refractivity contribution in [2.45, 2.75) is 157 Å². The predicted molar refractivity (Wildman–Crippen MR) is 168 cm³/mol. The highest BCUT2D eigenvalue weighted by atomic mass is 16.5. The van der Waals surface area contributed by atoms with Crippen LogP contribution in [0.4, 0.5) is 0 Å². The van der Waals surface area contributed by atoms with Gasteiger partial charge in [0.05, 0.1) is 12.7 Å². The predicted octanol–water partition coefficient (Wildman–Crippen LogP) is 9.08. The van der Waals surface area contributed by atoms with Gasteiger partial charge in [0.25, 0.3) is 0 Å². The van der Waals surface area contributed by atoms with Gasteiger partial charge in [0.2, 0.25) is 0 Å². The molecule has 40 heavy (non-hydrogen) atoms. The van der Waals surface area contributed by atoms with Gasteiger partial charge in [-0.15, -0.1) is 0 Å². The zero-order valence-corrected chi connectivity index (χ0v) is 27.2. The Bertz CT molecular complexity index is 793. The van der Waals surface area contributed by atoms with Crippen molar-refractivity contribution in [1.82, 2.24) is 0 Å². The van der Waals surface area contributed by atoms with Crippen molar-refractivity contribution < 1.29 is 19.7 Å². The molecule has 1 rings (SSSR count). The van der Waals surface area contributed by atoms with Crippen LogP contribution in [0.2, 0.25) is 0 Å². The van der Waals surface area contributed by atoms with E-state index in [1.54, 1.807) is 6.92 Å². The molecule has 0 aliphatic heterocycles. The Kier molecular flexibility index (Phi) is 19.3. The lowest BCUT2D eigenvalue weighted by Gasteiger charge is -2.29. The molecule has 0 amide bonds. The Labute approximate surface area is 247 Å². The number of carbonyl (C=O) groups excluding carboxylic acids is 1. The van der Waals surface area contributed by atoms with Gasteiger partial charge in [-0.05, 0) is 100 Å². The number of unbranched alkanes of at least 4 members (excludes halogenated alkanes) is 5. The molecule has 0 aromatic carbocycles. The number of carbonyl (C=O) groups is 1. The second kappa shape index (κ2) is 21.2. The first-order valence-electron chi connectivity index (χ1n) is 16.7. The Morgan fingerprint density at radius 2 is 1.62 bits per heavy atom. The highest BCUT2D eigenvalue weighted by Gasteiger charge is 2.26. The number of aliphatic carboxylic acids is 1. The molecule has 5 unspecified atom stereocenters. The molecule has 0 fully saturated rings. The Morgan fingerprint density at radius 1 is 0.975 bits per heavy atom. The summed E-state index contributed by atoms with van der Waals surface area (Å²) < 4.78 is 6.34. The van der Waals surface area contributed by atoms with Gasteiger partial charge in [-0.25, -0.2) is 0 Å². The van der Waals surface area contributed by atoms with Gasteiger partial charge in [0.1, 0.15) is 5.76 Å². The van der Waals surface area contributed by atoms with Crippen LogP contribution in [-0.4, -0.2) is 23.8 Å². The van der Waals surface area contributed by atoms with E-state index < -0.39 is 12.1 Å². The maximum absolute atomic E-state index is 10.8. The molecule has 0 radical (unpaired) electrons. The molecule has 4 nitrogen and oxygen atoms in total. The number of hydrogen-bond donors (Lipinski definition) is 1. The third-order valence-corrected chi connectivity index (χ3v) is 9.02. The molecule has 232 valence electrons. The van der Waals surface area contributed by atoms with Gasteiger partial charge in [0, 0.05) is 11.9 Å². The van der Waals surface area contributed by atoms with E-state index in [0.29, 0.717) is 12.3 Å². The summed E-state index contributed by atoms with van der Waals surface area (Å²) in [5, 5.41) is 21.4. The fraction of sp³-hybridized carbons (Fsp3) is 0.806. The minimum atomic E-state index is -0.936. The number of carboxylic acids is 1. The van der Waals surface area contributed by atoms with E-state index in [0.717, 1.165) is 56.8 Å². The van der Waals surface area contributed by atoms with Crippen LogP contribution in [0.5, 0.6) is 0 Å². The molecule has 0 saturated heterocycles. The van der Waals surface area contributed by atoms with Crippen molar-refractivity contribution in [1.29, 1.82) is 0 Å². The number of rotatable bonds is 23. The number of hydrogen-bond acceptors (Lipinski definition) is 4. The molecule has 0 spiro atoms. The van der Waals surface area contributed by atoms with Crippen molar-refractivity contribution in [3.05, 3.63) is 34.6 Å². The van der Waals surface area contributed by atoms with Crippen molar-refractivity contribution in [3.63, 3.8) is 0 Å². The van der Waals surface area contributed by atoms with Crippen LogP contribution >= 0.6 is 0 Å². The number of aliphatic hydroxyl groups excluding tert-OH is 1. The molecule has 1 aliphatic rings. The number of ether oxygens (including phenoxy) is 1. The van der Waals surface area contributed by atoms with Gasteiger partial charge >= 0.3 is 0 Å². The minimum Gasteiger partial charge on any atom is -0.550 e.